The number of aryl methyl sites for hydroxylation is 1. The molecule has 0 saturated carbocycles. The van der Waals surface area contributed by atoms with Gasteiger partial charge in [-0.05, 0) is 53.4 Å². The number of ketones is 1. The molecule has 0 fully saturated rings. The molecular weight excluding hydrogens is 623 g/mol. The third-order valence-electron chi connectivity index (χ3n) is 7.62. The van der Waals surface area contributed by atoms with Gasteiger partial charge in [0.25, 0.3) is 5.56 Å². The van der Waals surface area contributed by atoms with Gasteiger partial charge in [-0.15, -0.1) is 22.7 Å². The average Bonchev–Trinajstić information content (AvgIpc) is 3.86. The van der Waals surface area contributed by atoms with E-state index in [1.54, 1.807) is 16.8 Å². The maximum Gasteiger partial charge on any atom is 0.439 e. The number of H-pyrrole nitrogens is 1. The van der Waals surface area contributed by atoms with E-state index in [-0.39, 0.29) is 18.9 Å². The second kappa shape index (κ2) is 12.1. The Kier molecular flexibility index (Phi) is 7.73. The van der Waals surface area contributed by atoms with Gasteiger partial charge >= 0.3 is 11.4 Å². The van der Waals surface area contributed by atoms with Gasteiger partial charge in [-0.2, -0.15) is 0 Å². The molecule has 0 aliphatic heterocycles. The molecule has 228 valence electrons. The molecular formula is C34H25N5O5S2. The molecule has 2 aromatic carbocycles. The minimum absolute atomic E-state index is 0.203. The first kappa shape index (κ1) is 29.3. The number of nitrogens with zero attached hydrogens (tertiary/aromatic N) is 4. The van der Waals surface area contributed by atoms with Crippen molar-refractivity contribution in [3.8, 4) is 33.1 Å². The zero-order chi connectivity index (χ0) is 31.8. The predicted octanol–water partition coefficient (Wildman–Crippen LogP) is 5.85. The van der Waals surface area contributed by atoms with E-state index >= 15 is 0 Å². The maximum atomic E-state index is 13.9. The highest BCUT2D eigenvalue weighted by Crippen LogP contribution is 2.31. The number of carbonyl (C=O) groups is 1. The van der Waals surface area contributed by atoms with Gasteiger partial charge in [-0.1, -0.05) is 66.7 Å². The van der Waals surface area contributed by atoms with Crippen molar-refractivity contribution >= 4 is 38.7 Å². The fraction of sp³-hybridized carbons (Fsp3) is 0.118. The van der Waals surface area contributed by atoms with E-state index in [2.05, 4.69) is 15.1 Å². The number of Topliss-reactive ketones (excluding diaryl/α,β-unsaturated/α-hetero) is 1. The molecule has 12 heteroatoms. The zero-order valence-corrected chi connectivity index (χ0v) is 26.1. The van der Waals surface area contributed by atoms with Crippen LogP contribution >= 0.6 is 22.7 Å². The lowest BCUT2D eigenvalue weighted by atomic mass is 9.98. The lowest BCUT2D eigenvalue weighted by molar-refractivity contribution is 0.0973. The lowest BCUT2D eigenvalue weighted by Crippen LogP contribution is -2.41. The van der Waals surface area contributed by atoms with Gasteiger partial charge in [-0.3, -0.25) is 33.2 Å². The third kappa shape index (κ3) is 5.48. The smallest absolute Gasteiger partial charge is 0.296 e. The maximum absolute atomic E-state index is 13.9. The van der Waals surface area contributed by atoms with E-state index in [4.69, 9.17) is 4.52 Å². The van der Waals surface area contributed by atoms with Crippen molar-refractivity contribution in [1.29, 1.82) is 0 Å². The van der Waals surface area contributed by atoms with Crippen LogP contribution in [0.3, 0.4) is 0 Å². The molecule has 1 N–H and O–H groups in total. The highest BCUT2D eigenvalue weighted by atomic mass is 32.1. The highest BCUT2D eigenvalue weighted by Gasteiger charge is 2.20. The summed E-state index contributed by atoms with van der Waals surface area (Å²) < 4.78 is 7.31. The van der Waals surface area contributed by atoms with Crippen LogP contribution in [0.2, 0.25) is 0 Å². The molecule has 5 aromatic heterocycles. The third-order valence-corrected chi connectivity index (χ3v) is 10.1. The van der Waals surface area contributed by atoms with Crippen molar-refractivity contribution in [2.24, 2.45) is 0 Å². The van der Waals surface area contributed by atoms with Gasteiger partial charge in [0.05, 0.1) is 33.9 Å². The van der Waals surface area contributed by atoms with Gasteiger partial charge in [0.2, 0.25) is 0 Å². The largest absolute Gasteiger partial charge is 0.439 e. The second-order valence-electron chi connectivity index (χ2n) is 10.5. The number of hydrogen-bond acceptors (Lipinski definition) is 9. The minimum atomic E-state index is -0.635. The number of carbonyl (C=O) groups excluding carboxylic acids is 1. The predicted molar refractivity (Wildman–Crippen MR) is 179 cm³/mol. The van der Waals surface area contributed by atoms with E-state index in [0.29, 0.717) is 32.9 Å². The van der Waals surface area contributed by atoms with E-state index < -0.39 is 17.0 Å². The number of thiophene rings is 2. The van der Waals surface area contributed by atoms with Crippen molar-refractivity contribution in [1.82, 2.24) is 24.3 Å². The van der Waals surface area contributed by atoms with Crippen LogP contribution < -0.4 is 17.0 Å². The van der Waals surface area contributed by atoms with Crippen molar-refractivity contribution in [2.45, 2.75) is 26.4 Å². The monoisotopic (exact) mass is 647 g/mol. The summed E-state index contributed by atoms with van der Waals surface area (Å²) in [5, 5.41) is 4.25. The summed E-state index contributed by atoms with van der Waals surface area (Å²) in [6.45, 7) is 1.83. The first-order valence-corrected chi connectivity index (χ1v) is 16.1. The summed E-state index contributed by atoms with van der Waals surface area (Å²) in [5.41, 5.74) is 3.00. The first-order chi connectivity index (χ1) is 22.4. The summed E-state index contributed by atoms with van der Waals surface area (Å²) in [6, 6.07) is 26.1. The van der Waals surface area contributed by atoms with Crippen molar-refractivity contribution in [3.63, 3.8) is 0 Å². The number of rotatable bonds is 9. The summed E-state index contributed by atoms with van der Waals surface area (Å²) in [7, 11) is 0. The van der Waals surface area contributed by atoms with Crippen LogP contribution in [0.25, 0.3) is 43.3 Å². The molecule has 7 aromatic rings. The Morgan fingerprint density at radius 2 is 1.67 bits per heavy atom. The van der Waals surface area contributed by atoms with Crippen LogP contribution in [-0.4, -0.2) is 30.0 Å². The van der Waals surface area contributed by atoms with E-state index in [1.807, 2.05) is 85.8 Å². The number of pyridine rings is 1. The molecule has 5 heterocycles. The van der Waals surface area contributed by atoms with Crippen LogP contribution in [0, 0.1) is 0 Å². The molecule has 0 bridgehead atoms. The molecule has 0 spiro atoms. The Bertz CT molecular complexity index is 2400. The van der Waals surface area contributed by atoms with Gasteiger partial charge in [0, 0.05) is 16.6 Å². The number of aromatic nitrogens is 5. The zero-order valence-electron chi connectivity index (χ0n) is 24.4. The Morgan fingerprint density at radius 3 is 2.39 bits per heavy atom. The molecule has 0 amide bonds. The number of fused-ring (bicyclic) bond motifs is 1. The molecule has 46 heavy (non-hydrogen) atoms. The summed E-state index contributed by atoms with van der Waals surface area (Å²) in [4.78, 5) is 62.2. The number of hydrogen-bond donors (Lipinski definition) is 1. The quantitative estimate of drug-likeness (QED) is 0.194. The van der Waals surface area contributed by atoms with Gasteiger partial charge in [0.1, 0.15) is 4.83 Å². The Morgan fingerprint density at radius 1 is 0.891 bits per heavy atom. The van der Waals surface area contributed by atoms with E-state index in [9.17, 15) is 19.2 Å². The summed E-state index contributed by atoms with van der Waals surface area (Å²) in [5.74, 6) is -0.626. The summed E-state index contributed by atoms with van der Waals surface area (Å²) >= 11 is 2.70. The Balaban J connectivity index is 1.22. The minimum Gasteiger partial charge on any atom is -0.296 e. The standard InChI is InChI=1S/C34H25N5O5S2/c1-2-22-17-25-31(41)38(19-27(40)29-15-14-28(46-29)26-9-5-6-16-35-26)34(43)39(32(25)45-22)18-20-10-12-21(13-11-20)23-7-3-4-8-24(23)30-36-33(42)44-37-30/h3-17H,2,18-19H2,1H3,(H,36,37,42). The second-order valence-corrected chi connectivity index (χ2v) is 12.7. The van der Waals surface area contributed by atoms with Crippen molar-refractivity contribution in [3.05, 3.63) is 138 Å². The van der Waals surface area contributed by atoms with Gasteiger partial charge in [-0.25, -0.2) is 9.59 Å². The van der Waals surface area contributed by atoms with Crippen LogP contribution in [0.1, 0.15) is 27.0 Å². The Hall–Kier alpha value is -5.46. The molecule has 0 atom stereocenters. The molecule has 0 radical (unpaired) electrons. The SMILES string of the molecule is CCc1cc2c(=O)n(CC(=O)c3ccc(-c4ccccn4)s3)c(=O)n(Cc3ccc(-c4ccccc4-c4noc(=O)[nH]4)cc3)c2s1. The fourth-order valence-corrected chi connectivity index (χ4v) is 7.31. The van der Waals surface area contributed by atoms with Crippen LogP contribution in [-0.2, 0) is 19.5 Å². The molecule has 0 unspecified atom stereocenters. The van der Waals surface area contributed by atoms with Crippen LogP contribution in [0.5, 0.6) is 0 Å². The highest BCUT2D eigenvalue weighted by molar-refractivity contribution is 7.18. The Labute approximate surface area is 268 Å². The van der Waals surface area contributed by atoms with Crippen LogP contribution in [0.4, 0.5) is 0 Å². The van der Waals surface area contributed by atoms with Crippen molar-refractivity contribution < 1.29 is 9.32 Å². The summed E-state index contributed by atoms with van der Waals surface area (Å²) in [6.07, 6.45) is 2.40. The molecule has 0 aliphatic rings. The normalized spacial score (nSPS) is 11.3. The van der Waals surface area contributed by atoms with E-state index in [0.717, 1.165) is 36.7 Å². The average molecular weight is 648 g/mol. The van der Waals surface area contributed by atoms with Gasteiger partial charge < -0.3 is 0 Å². The number of benzene rings is 2. The van der Waals surface area contributed by atoms with E-state index in [1.165, 1.54) is 22.7 Å². The number of aromatic amines is 1. The lowest BCUT2D eigenvalue weighted by Gasteiger charge is -2.13. The molecule has 0 saturated heterocycles. The van der Waals surface area contributed by atoms with Crippen molar-refractivity contribution in [2.75, 3.05) is 0 Å². The first-order valence-electron chi connectivity index (χ1n) is 14.4. The molecule has 0 aliphatic carbocycles. The fourth-order valence-electron chi connectivity index (χ4n) is 5.32. The number of nitrogens with one attached hydrogen (secondary N) is 1. The molecule has 10 nitrogen and oxygen atoms in total. The van der Waals surface area contributed by atoms with Gasteiger partial charge in [0.15, 0.2) is 11.6 Å². The topological polar surface area (TPSA) is 133 Å². The molecule has 7 rings (SSSR count). The van der Waals surface area contributed by atoms with Crippen LogP contribution in [0.15, 0.2) is 110 Å².